The smallest absolute Gasteiger partial charge is 0.00621 e. The summed E-state index contributed by atoms with van der Waals surface area (Å²) < 4.78 is 0. The molecule has 0 fully saturated rings. The molecule has 1 unspecified atom stereocenters. The van der Waals surface area contributed by atoms with Crippen molar-refractivity contribution in [1.29, 1.82) is 0 Å². The SMILES string of the molecule is CCCCC([CH]c1ccccc1)CCC. The second-order valence-corrected chi connectivity index (χ2v) is 4.27. The average Bonchev–Trinajstić information content (AvgIpc) is 2.28. The van der Waals surface area contributed by atoms with Crippen molar-refractivity contribution >= 4 is 0 Å². The number of hydrogen-bond donors (Lipinski definition) is 0. The normalized spacial score (nSPS) is 12.7. The first-order valence-electron chi connectivity index (χ1n) is 6.26. The van der Waals surface area contributed by atoms with Crippen LogP contribution in [0.3, 0.4) is 0 Å². The van der Waals surface area contributed by atoms with Crippen molar-refractivity contribution in [2.24, 2.45) is 5.92 Å². The molecule has 0 nitrogen and oxygen atoms in total. The van der Waals surface area contributed by atoms with E-state index in [0.29, 0.717) is 0 Å². The summed E-state index contributed by atoms with van der Waals surface area (Å²) in [5, 5.41) is 0. The quantitative estimate of drug-likeness (QED) is 0.594. The molecule has 1 aromatic carbocycles. The Morgan fingerprint density at radius 3 is 2.33 bits per heavy atom. The van der Waals surface area contributed by atoms with Crippen LogP contribution in [0.15, 0.2) is 30.3 Å². The van der Waals surface area contributed by atoms with Crippen molar-refractivity contribution in [3.8, 4) is 0 Å². The molecule has 83 valence electrons. The predicted molar refractivity (Wildman–Crippen MR) is 67.8 cm³/mol. The first-order valence-corrected chi connectivity index (χ1v) is 6.26. The van der Waals surface area contributed by atoms with E-state index in [1.165, 1.54) is 37.7 Å². The van der Waals surface area contributed by atoms with Gasteiger partial charge in [-0.1, -0.05) is 69.9 Å². The van der Waals surface area contributed by atoms with Gasteiger partial charge in [-0.05, 0) is 24.3 Å². The van der Waals surface area contributed by atoms with Crippen LogP contribution in [-0.2, 0) is 0 Å². The summed E-state index contributed by atoms with van der Waals surface area (Å²) in [6.45, 7) is 4.54. The molecule has 0 aliphatic rings. The fraction of sp³-hybridized carbons (Fsp3) is 0.533. The van der Waals surface area contributed by atoms with Gasteiger partial charge in [-0.3, -0.25) is 0 Å². The van der Waals surface area contributed by atoms with Crippen molar-refractivity contribution in [1.82, 2.24) is 0 Å². The van der Waals surface area contributed by atoms with Gasteiger partial charge in [-0.2, -0.15) is 0 Å². The molecular weight excluding hydrogens is 180 g/mol. The first-order chi connectivity index (χ1) is 7.36. The highest BCUT2D eigenvalue weighted by atomic mass is 14.1. The number of rotatable bonds is 7. The molecule has 1 rings (SSSR count). The third-order valence-corrected chi connectivity index (χ3v) is 2.82. The molecule has 0 aromatic heterocycles. The molecule has 0 aliphatic carbocycles. The lowest BCUT2D eigenvalue weighted by Crippen LogP contribution is -2.02. The Morgan fingerprint density at radius 2 is 1.73 bits per heavy atom. The van der Waals surface area contributed by atoms with E-state index in [1.54, 1.807) is 0 Å². The van der Waals surface area contributed by atoms with E-state index < -0.39 is 0 Å². The second-order valence-electron chi connectivity index (χ2n) is 4.27. The fourth-order valence-electron chi connectivity index (χ4n) is 1.98. The van der Waals surface area contributed by atoms with Crippen LogP contribution in [0, 0.1) is 12.3 Å². The molecule has 0 amide bonds. The third-order valence-electron chi connectivity index (χ3n) is 2.82. The van der Waals surface area contributed by atoms with E-state index in [-0.39, 0.29) is 0 Å². The molecule has 0 heterocycles. The van der Waals surface area contributed by atoms with Crippen LogP contribution < -0.4 is 0 Å². The van der Waals surface area contributed by atoms with Crippen molar-refractivity contribution in [3.05, 3.63) is 42.3 Å². The van der Waals surface area contributed by atoms with Gasteiger partial charge < -0.3 is 0 Å². The molecule has 0 spiro atoms. The summed E-state index contributed by atoms with van der Waals surface area (Å²) in [6.07, 6.45) is 9.07. The van der Waals surface area contributed by atoms with Crippen LogP contribution in [0.25, 0.3) is 0 Å². The summed E-state index contributed by atoms with van der Waals surface area (Å²) >= 11 is 0. The molecule has 1 atom stereocenters. The Bertz CT molecular complexity index is 237. The minimum Gasteiger partial charge on any atom is -0.0654 e. The molecule has 1 aromatic rings. The van der Waals surface area contributed by atoms with Crippen molar-refractivity contribution < 1.29 is 0 Å². The van der Waals surface area contributed by atoms with Crippen LogP contribution in [-0.4, -0.2) is 0 Å². The molecule has 1 radical (unpaired) electrons. The largest absolute Gasteiger partial charge is 0.0654 e. The van der Waals surface area contributed by atoms with Gasteiger partial charge in [-0.25, -0.2) is 0 Å². The molecule has 0 N–H and O–H groups in total. The lowest BCUT2D eigenvalue weighted by atomic mass is 9.90. The molecule has 0 bridgehead atoms. The maximum absolute atomic E-state index is 2.44. The maximum atomic E-state index is 2.44. The zero-order valence-electron chi connectivity index (χ0n) is 10.1. The van der Waals surface area contributed by atoms with E-state index in [1.807, 2.05) is 0 Å². The molecule has 0 saturated carbocycles. The minimum absolute atomic E-state index is 0.775. The minimum atomic E-state index is 0.775. The van der Waals surface area contributed by atoms with Crippen LogP contribution in [0.1, 0.15) is 51.5 Å². The molecule has 0 saturated heterocycles. The Hall–Kier alpha value is -0.780. The van der Waals surface area contributed by atoms with Gasteiger partial charge in [0, 0.05) is 0 Å². The Kier molecular flexibility index (Phi) is 6.15. The van der Waals surface area contributed by atoms with E-state index in [2.05, 4.69) is 50.6 Å². The monoisotopic (exact) mass is 203 g/mol. The van der Waals surface area contributed by atoms with Gasteiger partial charge in [0.05, 0.1) is 0 Å². The van der Waals surface area contributed by atoms with Crippen molar-refractivity contribution in [2.75, 3.05) is 0 Å². The summed E-state index contributed by atoms with van der Waals surface area (Å²) in [7, 11) is 0. The second kappa shape index (κ2) is 7.50. The van der Waals surface area contributed by atoms with Gasteiger partial charge in [0.25, 0.3) is 0 Å². The van der Waals surface area contributed by atoms with Gasteiger partial charge in [0.1, 0.15) is 0 Å². The van der Waals surface area contributed by atoms with E-state index in [0.717, 1.165) is 5.92 Å². The fourth-order valence-corrected chi connectivity index (χ4v) is 1.98. The van der Waals surface area contributed by atoms with E-state index >= 15 is 0 Å². The molecular formula is C15H23. The van der Waals surface area contributed by atoms with Crippen LogP contribution in [0.2, 0.25) is 0 Å². The van der Waals surface area contributed by atoms with Gasteiger partial charge in [0.2, 0.25) is 0 Å². The van der Waals surface area contributed by atoms with Crippen LogP contribution in [0.4, 0.5) is 0 Å². The lowest BCUT2D eigenvalue weighted by molar-refractivity contribution is 0.489. The van der Waals surface area contributed by atoms with Crippen LogP contribution >= 0.6 is 0 Å². The highest BCUT2D eigenvalue weighted by molar-refractivity contribution is 5.23. The van der Waals surface area contributed by atoms with Gasteiger partial charge >= 0.3 is 0 Å². The summed E-state index contributed by atoms with van der Waals surface area (Å²) in [5.74, 6) is 0.775. The van der Waals surface area contributed by atoms with Gasteiger partial charge in [-0.15, -0.1) is 0 Å². The highest BCUT2D eigenvalue weighted by Gasteiger charge is 2.08. The summed E-state index contributed by atoms with van der Waals surface area (Å²) in [5.41, 5.74) is 1.38. The topological polar surface area (TPSA) is 0 Å². The van der Waals surface area contributed by atoms with Crippen molar-refractivity contribution in [2.45, 2.75) is 46.0 Å². The van der Waals surface area contributed by atoms with E-state index in [9.17, 15) is 0 Å². The van der Waals surface area contributed by atoms with Crippen molar-refractivity contribution in [3.63, 3.8) is 0 Å². The highest BCUT2D eigenvalue weighted by Crippen LogP contribution is 2.21. The zero-order chi connectivity index (χ0) is 10.9. The third kappa shape index (κ3) is 5.01. The number of benzene rings is 1. The Morgan fingerprint density at radius 1 is 1.00 bits per heavy atom. The first kappa shape index (κ1) is 12.3. The molecule has 15 heavy (non-hydrogen) atoms. The number of unbranched alkanes of at least 4 members (excludes halogenated alkanes) is 1. The molecule has 0 heteroatoms. The lowest BCUT2D eigenvalue weighted by Gasteiger charge is -2.15. The van der Waals surface area contributed by atoms with Crippen LogP contribution in [0.5, 0.6) is 0 Å². The standard InChI is InChI=1S/C15H23/c1-3-5-10-14(9-4-2)13-15-11-7-6-8-12-15/h6-8,11-14H,3-5,9-10H2,1-2H3. The Labute approximate surface area is 94.7 Å². The van der Waals surface area contributed by atoms with Gasteiger partial charge in [0.15, 0.2) is 0 Å². The number of hydrogen-bond acceptors (Lipinski definition) is 0. The summed E-state index contributed by atoms with van der Waals surface area (Å²) in [4.78, 5) is 0. The molecule has 0 aliphatic heterocycles. The zero-order valence-corrected chi connectivity index (χ0v) is 10.1. The summed E-state index contributed by atoms with van der Waals surface area (Å²) in [6, 6.07) is 10.7. The average molecular weight is 203 g/mol. The Balaban J connectivity index is 2.43. The maximum Gasteiger partial charge on any atom is -0.00621 e. The predicted octanol–water partition coefficient (Wildman–Crippen LogP) is 4.85. The van der Waals surface area contributed by atoms with E-state index in [4.69, 9.17) is 0 Å².